The number of aromatic nitrogens is 5. The van der Waals surface area contributed by atoms with E-state index in [9.17, 15) is 18.0 Å². The van der Waals surface area contributed by atoms with Gasteiger partial charge >= 0.3 is 11.9 Å². The molecule has 198 valence electrons. The first-order valence-corrected chi connectivity index (χ1v) is 12.9. The highest BCUT2D eigenvalue weighted by atomic mass is 19.4. The topological polar surface area (TPSA) is 60.4 Å². The van der Waals surface area contributed by atoms with Gasteiger partial charge in [0.15, 0.2) is 0 Å². The van der Waals surface area contributed by atoms with Crippen LogP contribution in [-0.2, 0) is 19.8 Å². The lowest BCUT2D eigenvalue weighted by Gasteiger charge is -2.33. The Labute approximate surface area is 217 Å². The molecule has 0 unspecified atom stereocenters. The highest BCUT2D eigenvalue weighted by Crippen LogP contribution is 2.43. The van der Waals surface area contributed by atoms with Crippen LogP contribution in [0.15, 0.2) is 66.0 Å². The third kappa shape index (κ3) is 4.47. The largest absolute Gasteiger partial charge is 0.418 e. The van der Waals surface area contributed by atoms with E-state index in [0.717, 1.165) is 48.0 Å². The van der Waals surface area contributed by atoms with Gasteiger partial charge in [-0.2, -0.15) is 13.2 Å². The summed E-state index contributed by atoms with van der Waals surface area (Å²) in [6, 6.07) is 8.67. The Morgan fingerprint density at radius 3 is 2.63 bits per heavy atom. The predicted octanol–water partition coefficient (Wildman–Crippen LogP) is 4.93. The summed E-state index contributed by atoms with van der Waals surface area (Å²) in [5, 5.41) is 8.41. The van der Waals surface area contributed by atoms with Crippen LogP contribution in [0.25, 0.3) is 11.2 Å². The van der Waals surface area contributed by atoms with Crippen LogP contribution in [0.3, 0.4) is 0 Å². The number of rotatable bonds is 6. The molecule has 4 aromatic rings. The molecule has 0 saturated heterocycles. The zero-order chi connectivity index (χ0) is 26.4. The molecule has 1 atom stereocenters. The average molecular weight is 523 g/mol. The van der Waals surface area contributed by atoms with Crippen LogP contribution >= 0.6 is 0 Å². The first kappa shape index (κ1) is 24.7. The minimum absolute atomic E-state index is 0.000125. The zero-order valence-corrected chi connectivity index (χ0v) is 21.1. The van der Waals surface area contributed by atoms with Gasteiger partial charge in [0.1, 0.15) is 12.2 Å². The van der Waals surface area contributed by atoms with Crippen molar-refractivity contribution >= 4 is 5.52 Å². The molecule has 4 heterocycles. The molecule has 1 aromatic carbocycles. The van der Waals surface area contributed by atoms with E-state index in [4.69, 9.17) is 0 Å². The quantitative estimate of drug-likeness (QED) is 0.337. The number of halogens is 3. The molecule has 38 heavy (non-hydrogen) atoms. The summed E-state index contributed by atoms with van der Waals surface area (Å²) < 4.78 is 46.8. The van der Waals surface area contributed by atoms with E-state index in [-0.39, 0.29) is 11.4 Å². The van der Waals surface area contributed by atoms with Crippen LogP contribution in [0.4, 0.5) is 13.2 Å². The summed E-state index contributed by atoms with van der Waals surface area (Å²) in [7, 11) is 1.91. The van der Waals surface area contributed by atoms with Crippen LogP contribution < -0.4 is 5.69 Å². The SMILES string of the molecule is Cn1cnnc1[C@@H](c1cccc(-n2cc3c(C(F)(F)F)cc(CN4CC=CCC4)cn3c2=O)c1)C1CCC1. The molecule has 0 bridgehead atoms. The Bertz CT molecular complexity index is 1560. The molecular weight excluding hydrogens is 493 g/mol. The number of aryl methyl sites for hydroxylation is 1. The maximum Gasteiger partial charge on any atom is 0.418 e. The number of hydrogen-bond donors (Lipinski definition) is 0. The van der Waals surface area contributed by atoms with Gasteiger partial charge < -0.3 is 4.57 Å². The highest BCUT2D eigenvalue weighted by Gasteiger charge is 2.35. The molecular formula is C28H29F3N6O. The molecule has 0 radical (unpaired) electrons. The summed E-state index contributed by atoms with van der Waals surface area (Å²) in [6.07, 6.45) is 8.16. The third-order valence-corrected chi connectivity index (χ3v) is 7.83. The Kier molecular flexibility index (Phi) is 6.22. The molecule has 0 N–H and O–H groups in total. The van der Waals surface area contributed by atoms with Crippen molar-refractivity contribution in [2.24, 2.45) is 13.0 Å². The minimum Gasteiger partial charge on any atom is -0.320 e. The van der Waals surface area contributed by atoms with E-state index in [2.05, 4.69) is 21.2 Å². The molecule has 1 aliphatic carbocycles. The summed E-state index contributed by atoms with van der Waals surface area (Å²) in [4.78, 5) is 15.6. The van der Waals surface area contributed by atoms with Gasteiger partial charge in [0.2, 0.25) is 0 Å². The van der Waals surface area contributed by atoms with Crippen LogP contribution in [-0.4, -0.2) is 41.7 Å². The van der Waals surface area contributed by atoms with Crippen LogP contribution in [0.1, 0.15) is 54.1 Å². The van der Waals surface area contributed by atoms with Crippen LogP contribution in [0.2, 0.25) is 0 Å². The van der Waals surface area contributed by atoms with Crippen molar-refractivity contribution in [1.29, 1.82) is 0 Å². The second-order valence-electron chi connectivity index (χ2n) is 10.4. The van der Waals surface area contributed by atoms with E-state index in [1.807, 2.05) is 35.9 Å². The first-order chi connectivity index (χ1) is 18.3. The Hall–Kier alpha value is -3.66. The van der Waals surface area contributed by atoms with Gasteiger partial charge in [0, 0.05) is 45.0 Å². The molecule has 3 aromatic heterocycles. The fourth-order valence-electron chi connectivity index (χ4n) is 5.68. The maximum atomic E-state index is 14.2. The Morgan fingerprint density at radius 2 is 1.97 bits per heavy atom. The third-order valence-electron chi connectivity index (χ3n) is 7.83. The Morgan fingerprint density at radius 1 is 1.13 bits per heavy atom. The second-order valence-corrected chi connectivity index (χ2v) is 10.4. The van der Waals surface area contributed by atoms with Crippen LogP contribution in [0, 0.1) is 5.92 Å². The average Bonchev–Trinajstić information content (AvgIpc) is 3.44. The van der Waals surface area contributed by atoms with Gasteiger partial charge in [0.05, 0.1) is 16.8 Å². The van der Waals surface area contributed by atoms with E-state index in [1.165, 1.54) is 16.8 Å². The lowest BCUT2D eigenvalue weighted by molar-refractivity contribution is -0.136. The van der Waals surface area contributed by atoms with Gasteiger partial charge in [0.25, 0.3) is 0 Å². The normalized spacial score (nSPS) is 17.7. The summed E-state index contributed by atoms with van der Waals surface area (Å²) >= 11 is 0. The monoisotopic (exact) mass is 522 g/mol. The van der Waals surface area contributed by atoms with Crippen molar-refractivity contribution < 1.29 is 13.2 Å². The molecule has 0 spiro atoms. The number of benzene rings is 1. The van der Waals surface area contributed by atoms with Crippen molar-refractivity contribution in [3.05, 3.63) is 94.2 Å². The van der Waals surface area contributed by atoms with Crippen LogP contribution in [0.5, 0.6) is 0 Å². The first-order valence-electron chi connectivity index (χ1n) is 12.9. The van der Waals surface area contributed by atoms with Gasteiger partial charge in [-0.3, -0.25) is 13.9 Å². The summed E-state index contributed by atoms with van der Waals surface area (Å²) in [6.45, 7) is 1.79. The number of hydrogen-bond acceptors (Lipinski definition) is 4. The number of alkyl halides is 3. The lowest BCUT2D eigenvalue weighted by atomic mass is 9.72. The second kappa shape index (κ2) is 9.58. The molecule has 1 fully saturated rings. The van der Waals surface area contributed by atoms with Gasteiger partial charge in [-0.1, -0.05) is 30.7 Å². The van der Waals surface area contributed by atoms with Crippen molar-refractivity contribution in [1.82, 2.24) is 28.6 Å². The van der Waals surface area contributed by atoms with E-state index in [1.54, 1.807) is 18.6 Å². The molecule has 6 rings (SSSR count). The molecule has 1 aliphatic heterocycles. The van der Waals surface area contributed by atoms with Gasteiger partial charge in [-0.25, -0.2) is 4.79 Å². The summed E-state index contributed by atoms with van der Waals surface area (Å²) in [5.74, 6) is 1.25. The number of nitrogens with zero attached hydrogens (tertiary/aromatic N) is 6. The number of fused-ring (bicyclic) bond motifs is 1. The zero-order valence-electron chi connectivity index (χ0n) is 21.1. The molecule has 0 amide bonds. The van der Waals surface area contributed by atoms with Crippen molar-refractivity contribution in [2.75, 3.05) is 13.1 Å². The standard InChI is InChI=1S/C28H29F3N6O/c1-34-18-32-33-26(34)25(20-7-5-8-20)21-9-6-10-22(14-21)36-17-24-23(28(29,30)31)13-19(16-37(24)27(36)38)15-35-11-3-2-4-12-35/h2-3,6,9-10,13-14,16-18,20,25H,4-5,7-8,11-12,15H2,1H3/t25-/m1/s1. The fourth-order valence-corrected chi connectivity index (χ4v) is 5.68. The highest BCUT2D eigenvalue weighted by molar-refractivity contribution is 5.58. The molecule has 1 saturated carbocycles. The van der Waals surface area contributed by atoms with E-state index < -0.39 is 17.4 Å². The van der Waals surface area contributed by atoms with Gasteiger partial charge in [-0.15, -0.1) is 10.2 Å². The smallest absolute Gasteiger partial charge is 0.320 e. The van der Waals surface area contributed by atoms with E-state index in [0.29, 0.717) is 30.3 Å². The Balaban J connectivity index is 1.44. The maximum absolute atomic E-state index is 14.2. The predicted molar refractivity (Wildman–Crippen MR) is 137 cm³/mol. The molecule has 10 heteroatoms. The van der Waals surface area contributed by atoms with Gasteiger partial charge in [-0.05, 0) is 54.5 Å². The number of imidazole rings is 1. The molecule has 7 nitrogen and oxygen atoms in total. The summed E-state index contributed by atoms with van der Waals surface area (Å²) in [5.41, 5.74) is 0.474. The van der Waals surface area contributed by atoms with Crippen molar-refractivity contribution in [3.8, 4) is 5.69 Å². The van der Waals surface area contributed by atoms with Crippen molar-refractivity contribution in [2.45, 2.75) is 44.3 Å². The van der Waals surface area contributed by atoms with Crippen molar-refractivity contribution in [3.63, 3.8) is 0 Å². The fraction of sp³-hybridized carbons (Fsp3) is 0.393. The number of pyridine rings is 1. The minimum atomic E-state index is -4.59. The van der Waals surface area contributed by atoms with E-state index >= 15 is 0 Å². The lowest BCUT2D eigenvalue weighted by Crippen LogP contribution is -2.27. The molecule has 2 aliphatic rings.